The highest BCUT2D eigenvalue weighted by molar-refractivity contribution is 6.43. The van der Waals surface area contributed by atoms with Gasteiger partial charge in [0.05, 0.1) is 11.5 Å². The number of carbonyl (C=O) groups excluding carboxylic acids is 1. The minimum absolute atomic E-state index is 0.01000. The molecule has 1 aromatic carbocycles. The molecule has 9 heteroatoms. The second-order valence-electron chi connectivity index (χ2n) is 8.92. The highest BCUT2D eigenvalue weighted by Crippen LogP contribution is 2.54. The van der Waals surface area contributed by atoms with Gasteiger partial charge in [0.1, 0.15) is 0 Å². The van der Waals surface area contributed by atoms with E-state index in [1.165, 1.54) is 5.56 Å². The summed E-state index contributed by atoms with van der Waals surface area (Å²) in [6, 6.07) is 7.77. The van der Waals surface area contributed by atoms with E-state index < -0.39 is 13.1 Å². The minimum atomic E-state index is -1.66. The fourth-order valence-electron chi connectivity index (χ4n) is 5.15. The summed E-state index contributed by atoms with van der Waals surface area (Å²) in [6.45, 7) is 3.21. The second kappa shape index (κ2) is 10.0. The molecule has 1 amide bonds. The van der Waals surface area contributed by atoms with Crippen LogP contribution >= 0.6 is 0 Å². The first-order chi connectivity index (χ1) is 14.8. The Morgan fingerprint density at radius 3 is 2.29 bits per heavy atom. The first kappa shape index (κ1) is 23.6. The van der Waals surface area contributed by atoms with Gasteiger partial charge in [-0.25, -0.2) is 0 Å². The maximum atomic E-state index is 12.6. The van der Waals surface area contributed by atoms with E-state index in [4.69, 9.17) is 16.2 Å². The molecule has 3 aliphatic carbocycles. The van der Waals surface area contributed by atoms with Gasteiger partial charge in [-0.05, 0) is 81.4 Å². The Morgan fingerprint density at radius 2 is 1.77 bits per heavy atom. The van der Waals surface area contributed by atoms with Crippen molar-refractivity contribution in [3.8, 4) is 0 Å². The van der Waals surface area contributed by atoms with E-state index in [2.05, 4.69) is 29.4 Å². The van der Waals surface area contributed by atoms with Crippen molar-refractivity contribution in [3.05, 3.63) is 35.4 Å². The maximum absolute atomic E-state index is 12.6. The van der Waals surface area contributed by atoms with Gasteiger partial charge in [-0.1, -0.05) is 12.1 Å². The molecule has 8 nitrogen and oxygen atoms in total. The summed E-state index contributed by atoms with van der Waals surface area (Å²) in [7, 11) is -1.66. The minimum Gasteiger partial charge on any atom is -0.426 e. The number of nitrogens with two attached hydrogens (primary N) is 2. The molecule has 1 atom stereocenters. The largest absolute Gasteiger partial charge is 0.475 e. The topological polar surface area (TPSA) is 143 Å². The number of carbonyl (C=O) groups is 1. The Hall–Kier alpha value is -2.10. The van der Waals surface area contributed by atoms with Gasteiger partial charge in [0.2, 0.25) is 0 Å². The van der Waals surface area contributed by atoms with Crippen molar-refractivity contribution in [2.75, 3.05) is 13.2 Å². The van der Waals surface area contributed by atoms with Gasteiger partial charge in [-0.3, -0.25) is 9.79 Å². The van der Waals surface area contributed by atoms with E-state index in [-0.39, 0.29) is 22.9 Å². The van der Waals surface area contributed by atoms with Crippen LogP contribution in [0.2, 0.25) is 0 Å². The van der Waals surface area contributed by atoms with Crippen LogP contribution < -0.4 is 16.8 Å². The Labute approximate surface area is 184 Å². The normalized spacial score (nSPS) is 25.6. The van der Waals surface area contributed by atoms with Gasteiger partial charge < -0.3 is 31.6 Å². The summed E-state index contributed by atoms with van der Waals surface area (Å²) >= 11 is 0. The number of aliphatic imine (C=N–C) groups is 1. The number of amides is 1. The molecule has 3 fully saturated rings. The molecule has 0 aromatic heterocycles. The predicted octanol–water partition coefficient (Wildman–Crippen LogP) is 1.23. The molecule has 3 saturated carbocycles. The summed E-state index contributed by atoms with van der Waals surface area (Å²) in [4.78, 5) is 16.5. The van der Waals surface area contributed by atoms with Crippen LogP contribution in [0.1, 0.15) is 74.2 Å². The summed E-state index contributed by atoms with van der Waals surface area (Å²) in [5.41, 5.74) is 12.6. The molecule has 7 N–H and O–H groups in total. The fourth-order valence-corrected chi connectivity index (χ4v) is 5.15. The van der Waals surface area contributed by atoms with E-state index in [0.717, 1.165) is 45.1 Å². The molecule has 0 aliphatic heterocycles. The molecular formula is C22H35BN4O4. The number of nitrogens with one attached hydrogen (secondary N) is 1. The van der Waals surface area contributed by atoms with Crippen LogP contribution in [-0.4, -0.2) is 53.7 Å². The third kappa shape index (κ3) is 5.58. The fraction of sp³-hybridized carbons (Fsp3) is 0.636. The van der Waals surface area contributed by atoms with Crippen molar-refractivity contribution >= 4 is 19.0 Å². The highest BCUT2D eigenvalue weighted by atomic mass is 16.5. The molecule has 0 heterocycles. The van der Waals surface area contributed by atoms with Crippen LogP contribution in [0, 0.1) is 0 Å². The number of fused-ring (bicyclic) bond motifs is 3. The summed E-state index contributed by atoms with van der Waals surface area (Å²) in [5, 5.41) is 21.9. The van der Waals surface area contributed by atoms with E-state index in [0.29, 0.717) is 24.9 Å². The third-order valence-corrected chi connectivity index (χ3v) is 7.03. The molecule has 0 radical (unpaired) electrons. The number of hydrogen-bond donors (Lipinski definition) is 5. The molecule has 31 heavy (non-hydrogen) atoms. The van der Waals surface area contributed by atoms with Crippen LogP contribution in [0.5, 0.6) is 0 Å². The average Bonchev–Trinajstić information content (AvgIpc) is 2.77. The lowest BCUT2D eigenvalue weighted by molar-refractivity contribution is -0.114. The maximum Gasteiger partial charge on any atom is 0.475 e. The lowest BCUT2D eigenvalue weighted by Crippen LogP contribution is -2.49. The van der Waals surface area contributed by atoms with Crippen molar-refractivity contribution < 1.29 is 19.6 Å². The third-order valence-electron chi connectivity index (χ3n) is 7.03. The Morgan fingerprint density at radius 1 is 1.16 bits per heavy atom. The van der Waals surface area contributed by atoms with Gasteiger partial charge >= 0.3 is 7.12 Å². The van der Waals surface area contributed by atoms with Gasteiger partial charge in [0.25, 0.3) is 5.91 Å². The van der Waals surface area contributed by atoms with Crippen molar-refractivity contribution in [2.45, 2.75) is 75.2 Å². The number of benzene rings is 1. The predicted molar refractivity (Wildman–Crippen MR) is 122 cm³/mol. The van der Waals surface area contributed by atoms with Crippen molar-refractivity contribution in [1.29, 1.82) is 0 Å². The standard InChI is InChI=1S/C22H35BN4O4/c1-2-31-22-12-9-21(10-13-22,11-14-22)17-7-5-16(6-8-17)19(28)27-18(23(29)30)4-3-15-26-20(24)25/h5-8,18,29-30H,2-4,9-15H2,1H3,(H,27,28)(H4,24,25,26). The average molecular weight is 430 g/mol. The zero-order valence-corrected chi connectivity index (χ0v) is 18.3. The summed E-state index contributed by atoms with van der Waals surface area (Å²) < 4.78 is 6.08. The summed E-state index contributed by atoms with van der Waals surface area (Å²) in [5.74, 6) is -1.13. The lowest BCUT2D eigenvalue weighted by atomic mass is 9.56. The SMILES string of the molecule is CCOC12CCC(c3ccc(C(=O)NC(CCCN=C(N)N)B(O)O)cc3)(CC1)CC2. The number of rotatable bonds is 10. The Kier molecular flexibility index (Phi) is 7.62. The highest BCUT2D eigenvalue weighted by Gasteiger charge is 2.49. The zero-order valence-electron chi connectivity index (χ0n) is 18.3. The van der Waals surface area contributed by atoms with Crippen molar-refractivity contribution in [2.24, 2.45) is 16.5 Å². The zero-order chi connectivity index (χ0) is 22.5. The molecule has 170 valence electrons. The second-order valence-corrected chi connectivity index (χ2v) is 8.92. The molecule has 0 spiro atoms. The van der Waals surface area contributed by atoms with Gasteiger partial charge in [0.15, 0.2) is 5.96 Å². The smallest absolute Gasteiger partial charge is 0.426 e. The number of hydrogen-bond acceptors (Lipinski definition) is 5. The monoisotopic (exact) mass is 430 g/mol. The van der Waals surface area contributed by atoms with Crippen LogP contribution in [0.25, 0.3) is 0 Å². The van der Waals surface area contributed by atoms with E-state index >= 15 is 0 Å². The summed E-state index contributed by atoms with van der Waals surface area (Å²) in [6.07, 6.45) is 7.51. The first-order valence-corrected chi connectivity index (χ1v) is 11.3. The number of nitrogens with zero attached hydrogens (tertiary/aromatic N) is 1. The van der Waals surface area contributed by atoms with E-state index in [1.807, 2.05) is 12.1 Å². The van der Waals surface area contributed by atoms with Crippen LogP contribution in [0.4, 0.5) is 0 Å². The molecule has 1 unspecified atom stereocenters. The Bertz CT molecular complexity index is 756. The van der Waals surface area contributed by atoms with Gasteiger partial charge in [-0.2, -0.15) is 0 Å². The molecule has 4 rings (SSSR count). The molecular weight excluding hydrogens is 395 g/mol. The Balaban J connectivity index is 1.59. The first-order valence-electron chi connectivity index (χ1n) is 11.3. The molecule has 1 aromatic rings. The van der Waals surface area contributed by atoms with Crippen LogP contribution in [0.3, 0.4) is 0 Å². The number of guanidine groups is 1. The molecule has 0 saturated heterocycles. The molecule has 3 aliphatic rings. The van der Waals surface area contributed by atoms with Crippen molar-refractivity contribution in [3.63, 3.8) is 0 Å². The lowest BCUT2D eigenvalue weighted by Gasteiger charge is -2.53. The van der Waals surface area contributed by atoms with Crippen LogP contribution in [0.15, 0.2) is 29.3 Å². The van der Waals surface area contributed by atoms with E-state index in [1.54, 1.807) is 0 Å². The van der Waals surface area contributed by atoms with Crippen LogP contribution in [-0.2, 0) is 10.2 Å². The molecule has 2 bridgehead atoms. The number of ether oxygens (including phenoxy) is 1. The van der Waals surface area contributed by atoms with Gasteiger partial charge in [-0.15, -0.1) is 0 Å². The van der Waals surface area contributed by atoms with E-state index in [9.17, 15) is 14.8 Å². The van der Waals surface area contributed by atoms with Gasteiger partial charge in [0, 0.05) is 18.7 Å². The van der Waals surface area contributed by atoms with Crippen molar-refractivity contribution in [1.82, 2.24) is 5.32 Å². The quantitative estimate of drug-likeness (QED) is 0.164.